The van der Waals surface area contributed by atoms with Crippen LogP contribution in [0.25, 0.3) is 0 Å². The van der Waals surface area contributed by atoms with Crippen LogP contribution in [0.4, 0.5) is 0 Å². The maximum atomic E-state index is 12.7. The molecule has 21 heavy (non-hydrogen) atoms. The number of benzene rings is 1. The molecule has 0 fully saturated rings. The summed E-state index contributed by atoms with van der Waals surface area (Å²) in [6.45, 7) is 9.87. The summed E-state index contributed by atoms with van der Waals surface area (Å²) in [5.74, 6) is 0.371. The van der Waals surface area contributed by atoms with E-state index in [-0.39, 0.29) is 17.2 Å². The summed E-state index contributed by atoms with van der Waals surface area (Å²) in [7, 11) is 0. The van der Waals surface area contributed by atoms with Crippen LogP contribution >= 0.6 is 0 Å². The molecule has 1 aromatic carbocycles. The molecule has 0 saturated heterocycles. The Balaban J connectivity index is 2.78. The van der Waals surface area contributed by atoms with E-state index in [0.717, 1.165) is 18.4 Å². The minimum Gasteiger partial charge on any atom is -0.355 e. The lowest BCUT2D eigenvalue weighted by Crippen LogP contribution is -2.39. The van der Waals surface area contributed by atoms with E-state index in [0.29, 0.717) is 19.0 Å². The van der Waals surface area contributed by atoms with E-state index in [1.54, 1.807) is 0 Å². The van der Waals surface area contributed by atoms with Gasteiger partial charge in [0.2, 0.25) is 5.91 Å². The molecule has 3 nitrogen and oxygen atoms in total. The Bertz CT molecular complexity index is 428. The van der Waals surface area contributed by atoms with Gasteiger partial charge in [0, 0.05) is 6.54 Å². The van der Waals surface area contributed by atoms with Gasteiger partial charge in [-0.3, -0.25) is 4.79 Å². The lowest BCUT2D eigenvalue weighted by Gasteiger charge is -2.28. The summed E-state index contributed by atoms with van der Waals surface area (Å²) in [5, 5.41) is 3.13. The lowest BCUT2D eigenvalue weighted by molar-refractivity contribution is -0.124. The van der Waals surface area contributed by atoms with Crippen LogP contribution < -0.4 is 11.1 Å². The first-order chi connectivity index (χ1) is 9.91. The summed E-state index contributed by atoms with van der Waals surface area (Å²) in [6, 6.07) is 10.1. The van der Waals surface area contributed by atoms with Crippen molar-refractivity contribution in [3.05, 3.63) is 35.9 Å². The van der Waals surface area contributed by atoms with E-state index in [9.17, 15) is 4.79 Å². The van der Waals surface area contributed by atoms with E-state index in [2.05, 4.69) is 33.0 Å². The van der Waals surface area contributed by atoms with Gasteiger partial charge in [-0.1, -0.05) is 64.4 Å². The zero-order valence-electron chi connectivity index (χ0n) is 13.9. The predicted molar refractivity (Wildman–Crippen MR) is 89.1 cm³/mol. The highest BCUT2D eigenvalue weighted by atomic mass is 16.1. The van der Waals surface area contributed by atoms with Crippen LogP contribution in [0.15, 0.2) is 30.3 Å². The van der Waals surface area contributed by atoms with Crippen LogP contribution in [0.1, 0.15) is 52.0 Å². The Labute approximate surface area is 129 Å². The molecule has 0 heterocycles. The zero-order valence-corrected chi connectivity index (χ0v) is 13.9. The highest BCUT2D eigenvalue weighted by Gasteiger charge is 2.27. The smallest absolute Gasteiger partial charge is 0.227 e. The molecule has 0 bridgehead atoms. The molecule has 0 saturated carbocycles. The number of carbonyl (C=O) groups is 1. The molecule has 0 aliphatic carbocycles. The monoisotopic (exact) mass is 290 g/mol. The van der Waals surface area contributed by atoms with E-state index in [1.165, 1.54) is 0 Å². The van der Waals surface area contributed by atoms with Gasteiger partial charge >= 0.3 is 0 Å². The Morgan fingerprint density at radius 3 is 2.43 bits per heavy atom. The second-order valence-electron chi connectivity index (χ2n) is 6.69. The Morgan fingerprint density at radius 2 is 1.90 bits per heavy atom. The molecular formula is C18H30N2O. The van der Waals surface area contributed by atoms with Crippen molar-refractivity contribution in [3.8, 4) is 0 Å². The van der Waals surface area contributed by atoms with Crippen LogP contribution in [-0.2, 0) is 4.79 Å². The molecule has 3 N–H and O–H groups in total. The Morgan fingerprint density at radius 1 is 1.29 bits per heavy atom. The zero-order chi connectivity index (χ0) is 15.9. The summed E-state index contributed by atoms with van der Waals surface area (Å²) in [6.07, 6.45) is 1.89. The number of rotatable bonds is 8. The van der Waals surface area contributed by atoms with Crippen molar-refractivity contribution >= 4 is 5.91 Å². The van der Waals surface area contributed by atoms with Crippen molar-refractivity contribution in [2.75, 3.05) is 13.1 Å². The third-order valence-corrected chi connectivity index (χ3v) is 4.22. The highest BCUT2D eigenvalue weighted by Crippen LogP contribution is 2.27. The molecule has 1 aromatic rings. The van der Waals surface area contributed by atoms with Crippen LogP contribution in [0.2, 0.25) is 0 Å². The summed E-state index contributed by atoms with van der Waals surface area (Å²) in [5.41, 5.74) is 6.77. The maximum absolute atomic E-state index is 12.7. The maximum Gasteiger partial charge on any atom is 0.227 e. The topological polar surface area (TPSA) is 55.1 Å². The van der Waals surface area contributed by atoms with Crippen molar-refractivity contribution in [3.63, 3.8) is 0 Å². The minimum atomic E-state index is -0.0788. The standard InChI is InChI=1S/C18H30N2O/c1-5-14(2)16(15-9-7-6-8-10-15)17(21)20-13-18(3,4)11-12-19/h6-10,14,16H,5,11-13,19H2,1-4H3,(H,20,21). The second kappa shape index (κ2) is 8.18. The number of amides is 1. The first-order valence-corrected chi connectivity index (χ1v) is 7.94. The number of carbonyl (C=O) groups excluding carboxylic acids is 1. The normalized spacial score (nSPS) is 14.5. The third-order valence-electron chi connectivity index (χ3n) is 4.22. The molecule has 0 spiro atoms. The SMILES string of the molecule is CCC(C)C(C(=O)NCC(C)(C)CCN)c1ccccc1. The van der Waals surface area contributed by atoms with Gasteiger partial charge in [0.15, 0.2) is 0 Å². The Kier molecular flexibility index (Phi) is 6.90. The quantitative estimate of drug-likeness (QED) is 0.771. The number of hydrogen-bond donors (Lipinski definition) is 2. The van der Waals surface area contributed by atoms with E-state index < -0.39 is 0 Å². The molecule has 3 heteroatoms. The van der Waals surface area contributed by atoms with Crippen LogP contribution in [0, 0.1) is 11.3 Å². The fourth-order valence-corrected chi connectivity index (χ4v) is 2.55. The minimum absolute atomic E-state index is 0.0428. The van der Waals surface area contributed by atoms with Gasteiger partial charge in [-0.05, 0) is 29.9 Å². The van der Waals surface area contributed by atoms with Crippen molar-refractivity contribution in [1.82, 2.24) is 5.32 Å². The van der Waals surface area contributed by atoms with Gasteiger partial charge < -0.3 is 11.1 Å². The predicted octanol–water partition coefficient (Wildman–Crippen LogP) is 3.31. The molecular weight excluding hydrogens is 260 g/mol. The molecule has 0 aliphatic heterocycles. The van der Waals surface area contributed by atoms with Gasteiger partial charge in [0.25, 0.3) is 0 Å². The van der Waals surface area contributed by atoms with Gasteiger partial charge in [-0.2, -0.15) is 0 Å². The molecule has 118 valence electrons. The van der Waals surface area contributed by atoms with E-state index in [4.69, 9.17) is 5.73 Å². The van der Waals surface area contributed by atoms with Gasteiger partial charge in [0.1, 0.15) is 0 Å². The molecule has 1 amide bonds. The Hall–Kier alpha value is -1.35. The summed E-state index contributed by atoms with van der Waals surface area (Å²) in [4.78, 5) is 12.7. The average molecular weight is 290 g/mol. The van der Waals surface area contributed by atoms with Crippen LogP contribution in [0.3, 0.4) is 0 Å². The van der Waals surface area contributed by atoms with Gasteiger partial charge in [-0.25, -0.2) is 0 Å². The first kappa shape index (κ1) is 17.7. The lowest BCUT2D eigenvalue weighted by atomic mass is 9.84. The number of nitrogens with one attached hydrogen (secondary N) is 1. The van der Waals surface area contributed by atoms with Gasteiger partial charge in [-0.15, -0.1) is 0 Å². The molecule has 0 aromatic heterocycles. The fraction of sp³-hybridized carbons (Fsp3) is 0.611. The highest BCUT2D eigenvalue weighted by molar-refractivity contribution is 5.84. The van der Waals surface area contributed by atoms with Crippen molar-refractivity contribution in [1.29, 1.82) is 0 Å². The van der Waals surface area contributed by atoms with E-state index in [1.807, 2.05) is 30.3 Å². The number of nitrogens with two attached hydrogens (primary N) is 1. The van der Waals surface area contributed by atoms with Crippen LogP contribution in [-0.4, -0.2) is 19.0 Å². The first-order valence-electron chi connectivity index (χ1n) is 7.94. The van der Waals surface area contributed by atoms with Crippen molar-refractivity contribution < 1.29 is 4.79 Å². The molecule has 0 aliphatic rings. The fourth-order valence-electron chi connectivity index (χ4n) is 2.55. The largest absolute Gasteiger partial charge is 0.355 e. The third kappa shape index (κ3) is 5.50. The second-order valence-corrected chi connectivity index (χ2v) is 6.69. The molecule has 0 radical (unpaired) electrons. The molecule has 1 rings (SSSR count). The van der Waals surface area contributed by atoms with Gasteiger partial charge in [0.05, 0.1) is 5.92 Å². The van der Waals surface area contributed by atoms with E-state index >= 15 is 0 Å². The number of hydrogen-bond acceptors (Lipinski definition) is 2. The summed E-state index contributed by atoms with van der Waals surface area (Å²) >= 11 is 0. The molecule has 2 unspecified atom stereocenters. The molecule has 2 atom stereocenters. The van der Waals surface area contributed by atoms with Crippen LogP contribution in [0.5, 0.6) is 0 Å². The van der Waals surface area contributed by atoms with Crippen molar-refractivity contribution in [2.45, 2.75) is 46.5 Å². The van der Waals surface area contributed by atoms with Crippen molar-refractivity contribution in [2.24, 2.45) is 17.1 Å². The average Bonchev–Trinajstić information content (AvgIpc) is 2.46. The summed E-state index contributed by atoms with van der Waals surface area (Å²) < 4.78 is 0.